The van der Waals surface area contributed by atoms with Gasteiger partial charge >= 0.3 is 0 Å². The summed E-state index contributed by atoms with van der Waals surface area (Å²) >= 11 is 6.58. The van der Waals surface area contributed by atoms with Gasteiger partial charge in [-0.05, 0) is 46.3 Å². The molecule has 2 N–H and O–H groups in total. The van der Waals surface area contributed by atoms with Gasteiger partial charge in [-0.25, -0.2) is 0 Å². The normalized spacial score (nSPS) is 10.2. The van der Waals surface area contributed by atoms with Gasteiger partial charge in [0.05, 0.1) is 0 Å². The molecule has 0 aliphatic carbocycles. The molecule has 1 heterocycles. The number of carbonyl (C=O) groups is 1. The molecule has 17 heavy (non-hydrogen) atoms. The average Bonchev–Trinajstić information content (AvgIpc) is 2.32. The highest BCUT2D eigenvalue weighted by Crippen LogP contribution is 2.21. The van der Waals surface area contributed by atoms with Crippen LogP contribution in [0.5, 0.6) is 0 Å². The molecule has 0 fully saturated rings. The lowest BCUT2D eigenvalue weighted by molar-refractivity contribution is 0.103. The molecule has 5 heteroatoms. The summed E-state index contributed by atoms with van der Waals surface area (Å²) < 4.78 is 1.64. The highest BCUT2D eigenvalue weighted by Gasteiger charge is 2.13. The molecule has 2 aromatic rings. The molecular formula is C12H8Br2N2O. The second kappa shape index (κ2) is 4.98. The molecular weight excluding hydrogens is 348 g/mol. The van der Waals surface area contributed by atoms with Crippen molar-refractivity contribution in [3.63, 3.8) is 0 Å². The van der Waals surface area contributed by atoms with Crippen molar-refractivity contribution in [3.05, 3.63) is 56.7 Å². The molecule has 0 saturated carbocycles. The molecule has 0 radical (unpaired) electrons. The van der Waals surface area contributed by atoms with Gasteiger partial charge in [-0.15, -0.1) is 0 Å². The van der Waals surface area contributed by atoms with E-state index in [0.717, 1.165) is 8.95 Å². The van der Waals surface area contributed by atoms with E-state index in [1.54, 1.807) is 36.5 Å². The Morgan fingerprint density at radius 3 is 2.47 bits per heavy atom. The average molecular weight is 356 g/mol. The standard InChI is InChI=1S/C12H8Br2N2O/c13-7-1-3-10(15)9(5-7)12(17)11-4-2-8(14)6-16-11/h1-6H,15H2. The minimum absolute atomic E-state index is 0.184. The van der Waals surface area contributed by atoms with Crippen molar-refractivity contribution in [3.8, 4) is 0 Å². The van der Waals surface area contributed by atoms with Gasteiger partial charge in [0.2, 0.25) is 5.78 Å². The Kier molecular flexibility index (Phi) is 3.59. The van der Waals surface area contributed by atoms with Crippen LogP contribution >= 0.6 is 31.9 Å². The quantitative estimate of drug-likeness (QED) is 0.663. The number of aromatic nitrogens is 1. The minimum Gasteiger partial charge on any atom is -0.398 e. The number of anilines is 1. The lowest BCUT2D eigenvalue weighted by Crippen LogP contribution is -2.07. The van der Waals surface area contributed by atoms with Gasteiger partial charge in [0.25, 0.3) is 0 Å². The van der Waals surface area contributed by atoms with E-state index in [9.17, 15) is 4.79 Å². The molecule has 0 saturated heterocycles. The number of benzene rings is 1. The van der Waals surface area contributed by atoms with Gasteiger partial charge in [0, 0.05) is 26.4 Å². The predicted octanol–water partition coefficient (Wildman–Crippen LogP) is 3.42. The number of halogens is 2. The van der Waals surface area contributed by atoms with E-state index in [2.05, 4.69) is 36.8 Å². The molecule has 2 rings (SSSR count). The number of pyridine rings is 1. The number of hydrogen-bond acceptors (Lipinski definition) is 3. The third kappa shape index (κ3) is 2.73. The lowest BCUT2D eigenvalue weighted by Gasteiger charge is -2.05. The van der Waals surface area contributed by atoms with Gasteiger partial charge in [0.1, 0.15) is 5.69 Å². The van der Waals surface area contributed by atoms with Crippen molar-refractivity contribution >= 4 is 43.3 Å². The minimum atomic E-state index is -0.184. The summed E-state index contributed by atoms with van der Waals surface area (Å²) in [5, 5.41) is 0. The third-order valence-electron chi connectivity index (χ3n) is 2.22. The Morgan fingerprint density at radius 2 is 1.82 bits per heavy atom. The lowest BCUT2D eigenvalue weighted by atomic mass is 10.1. The van der Waals surface area contributed by atoms with Crippen LogP contribution < -0.4 is 5.73 Å². The van der Waals surface area contributed by atoms with Crippen LogP contribution in [0.2, 0.25) is 0 Å². The monoisotopic (exact) mass is 354 g/mol. The fourth-order valence-electron chi connectivity index (χ4n) is 1.37. The summed E-state index contributed by atoms with van der Waals surface area (Å²) in [5.74, 6) is -0.184. The summed E-state index contributed by atoms with van der Waals surface area (Å²) in [7, 11) is 0. The summed E-state index contributed by atoms with van der Waals surface area (Å²) in [5.41, 5.74) is 7.05. The molecule has 0 bridgehead atoms. The van der Waals surface area contributed by atoms with Crippen LogP contribution in [-0.4, -0.2) is 10.8 Å². The van der Waals surface area contributed by atoms with Crippen LogP contribution in [0.25, 0.3) is 0 Å². The Labute approximate surface area is 115 Å². The van der Waals surface area contributed by atoms with Crippen molar-refractivity contribution in [2.24, 2.45) is 0 Å². The summed E-state index contributed by atoms with van der Waals surface area (Å²) in [6, 6.07) is 8.61. The second-order valence-corrected chi connectivity index (χ2v) is 5.25. The third-order valence-corrected chi connectivity index (χ3v) is 3.18. The largest absolute Gasteiger partial charge is 0.398 e. The molecule has 86 valence electrons. The Morgan fingerprint density at radius 1 is 1.12 bits per heavy atom. The molecule has 3 nitrogen and oxygen atoms in total. The van der Waals surface area contributed by atoms with Crippen LogP contribution in [0.3, 0.4) is 0 Å². The zero-order valence-electron chi connectivity index (χ0n) is 8.65. The van der Waals surface area contributed by atoms with E-state index in [4.69, 9.17) is 5.73 Å². The summed E-state index contributed by atoms with van der Waals surface area (Å²) in [6.07, 6.45) is 1.58. The molecule has 0 aliphatic rings. The van der Waals surface area contributed by atoms with Gasteiger partial charge in [-0.1, -0.05) is 15.9 Å². The molecule has 0 amide bonds. The van der Waals surface area contributed by atoms with E-state index in [1.807, 2.05) is 0 Å². The number of hydrogen-bond donors (Lipinski definition) is 1. The van der Waals surface area contributed by atoms with Crippen molar-refractivity contribution < 1.29 is 4.79 Å². The maximum Gasteiger partial charge on any atom is 0.213 e. The first-order chi connectivity index (χ1) is 8.08. The van der Waals surface area contributed by atoms with Crippen molar-refractivity contribution in [1.29, 1.82) is 0 Å². The first-order valence-corrected chi connectivity index (χ1v) is 6.38. The zero-order chi connectivity index (χ0) is 12.4. The molecule has 1 aromatic heterocycles. The smallest absolute Gasteiger partial charge is 0.213 e. The number of ketones is 1. The molecule has 0 unspecified atom stereocenters. The van der Waals surface area contributed by atoms with Crippen LogP contribution in [0.1, 0.15) is 16.1 Å². The topological polar surface area (TPSA) is 56.0 Å². The Bertz CT molecular complexity index is 567. The second-order valence-electron chi connectivity index (χ2n) is 3.42. The van der Waals surface area contributed by atoms with Crippen LogP contribution in [0.4, 0.5) is 5.69 Å². The van der Waals surface area contributed by atoms with Crippen LogP contribution in [-0.2, 0) is 0 Å². The number of carbonyl (C=O) groups excluding carboxylic acids is 1. The number of rotatable bonds is 2. The number of nitrogens with two attached hydrogens (primary N) is 1. The highest BCUT2D eigenvalue weighted by atomic mass is 79.9. The first kappa shape index (κ1) is 12.3. The number of nitrogens with zero attached hydrogens (tertiary/aromatic N) is 1. The van der Waals surface area contributed by atoms with Crippen LogP contribution in [0, 0.1) is 0 Å². The predicted molar refractivity (Wildman–Crippen MR) is 73.9 cm³/mol. The molecule has 1 aromatic carbocycles. The van der Waals surface area contributed by atoms with Gasteiger partial charge in [-0.2, -0.15) is 0 Å². The molecule has 0 spiro atoms. The van der Waals surface area contributed by atoms with Gasteiger partial charge in [-0.3, -0.25) is 9.78 Å². The van der Waals surface area contributed by atoms with Gasteiger partial charge < -0.3 is 5.73 Å². The van der Waals surface area contributed by atoms with E-state index in [0.29, 0.717) is 16.9 Å². The zero-order valence-corrected chi connectivity index (χ0v) is 11.8. The van der Waals surface area contributed by atoms with E-state index < -0.39 is 0 Å². The van der Waals surface area contributed by atoms with Gasteiger partial charge in [0.15, 0.2) is 0 Å². The molecule has 0 atom stereocenters. The summed E-state index contributed by atoms with van der Waals surface area (Å²) in [6.45, 7) is 0. The maximum atomic E-state index is 12.2. The SMILES string of the molecule is Nc1ccc(Br)cc1C(=O)c1ccc(Br)cn1. The van der Waals surface area contributed by atoms with E-state index in [1.165, 1.54) is 0 Å². The fraction of sp³-hybridized carbons (Fsp3) is 0. The van der Waals surface area contributed by atoms with Crippen LogP contribution in [0.15, 0.2) is 45.5 Å². The van der Waals surface area contributed by atoms with E-state index in [-0.39, 0.29) is 5.78 Å². The first-order valence-electron chi connectivity index (χ1n) is 4.79. The van der Waals surface area contributed by atoms with Crippen molar-refractivity contribution in [2.45, 2.75) is 0 Å². The Hall–Kier alpha value is -1.20. The fourth-order valence-corrected chi connectivity index (χ4v) is 1.97. The van der Waals surface area contributed by atoms with Crippen molar-refractivity contribution in [1.82, 2.24) is 4.98 Å². The van der Waals surface area contributed by atoms with E-state index >= 15 is 0 Å². The van der Waals surface area contributed by atoms with Crippen molar-refractivity contribution in [2.75, 3.05) is 5.73 Å². The Balaban J connectivity index is 2.43. The highest BCUT2D eigenvalue weighted by molar-refractivity contribution is 9.10. The molecule has 0 aliphatic heterocycles. The summed E-state index contributed by atoms with van der Waals surface area (Å²) in [4.78, 5) is 16.2. The maximum absolute atomic E-state index is 12.2. The number of nitrogen functional groups attached to an aromatic ring is 1.